The summed E-state index contributed by atoms with van der Waals surface area (Å²) in [6, 6.07) is 4.73. The molecule has 17 heavy (non-hydrogen) atoms. The van der Waals surface area contributed by atoms with Gasteiger partial charge in [-0.15, -0.1) is 0 Å². The zero-order chi connectivity index (χ0) is 12.3. The Hall–Kier alpha value is -0.600. The second kappa shape index (κ2) is 5.83. The van der Waals surface area contributed by atoms with Crippen molar-refractivity contribution in [3.05, 3.63) is 34.6 Å². The van der Waals surface area contributed by atoms with Crippen molar-refractivity contribution in [2.75, 3.05) is 13.1 Å². The van der Waals surface area contributed by atoms with E-state index in [0.717, 1.165) is 31.0 Å². The number of hydrogen-bond acceptors (Lipinski definition) is 1. The molecule has 1 saturated carbocycles. The van der Waals surface area contributed by atoms with Gasteiger partial charge >= 0.3 is 0 Å². The van der Waals surface area contributed by atoms with Gasteiger partial charge in [-0.25, -0.2) is 4.39 Å². The maximum absolute atomic E-state index is 12.9. The van der Waals surface area contributed by atoms with Crippen LogP contribution in [0.1, 0.15) is 25.3 Å². The van der Waals surface area contributed by atoms with Crippen LogP contribution in [0.2, 0.25) is 5.02 Å². The van der Waals surface area contributed by atoms with E-state index in [0.29, 0.717) is 10.9 Å². The topological polar surface area (TPSA) is 12.0 Å². The number of halogens is 2. The highest BCUT2D eigenvalue weighted by Gasteiger charge is 2.30. The molecule has 1 aliphatic rings. The Morgan fingerprint density at radius 1 is 1.35 bits per heavy atom. The highest BCUT2D eigenvalue weighted by atomic mass is 35.5. The van der Waals surface area contributed by atoms with Gasteiger partial charge in [0.2, 0.25) is 0 Å². The molecule has 0 bridgehead atoms. The Kier molecular flexibility index (Phi) is 4.41. The fraction of sp³-hybridized carbons (Fsp3) is 0.571. The number of nitrogens with one attached hydrogen (secondary N) is 1. The molecule has 1 aromatic carbocycles. The molecule has 0 amide bonds. The van der Waals surface area contributed by atoms with Crippen LogP contribution in [0.25, 0.3) is 0 Å². The molecule has 94 valence electrons. The van der Waals surface area contributed by atoms with Crippen molar-refractivity contribution < 1.29 is 4.39 Å². The fourth-order valence-electron chi connectivity index (χ4n) is 2.47. The van der Waals surface area contributed by atoms with Gasteiger partial charge in [0.05, 0.1) is 0 Å². The molecule has 0 saturated heterocycles. The van der Waals surface area contributed by atoms with Crippen LogP contribution in [0.3, 0.4) is 0 Å². The SMILES string of the molecule is CCNCC1CCC1Cc1ccc(F)cc1Cl. The van der Waals surface area contributed by atoms with E-state index < -0.39 is 0 Å². The molecule has 2 atom stereocenters. The Morgan fingerprint density at radius 3 is 2.71 bits per heavy atom. The van der Waals surface area contributed by atoms with E-state index in [4.69, 9.17) is 11.6 Å². The lowest BCUT2D eigenvalue weighted by atomic mass is 9.70. The largest absolute Gasteiger partial charge is 0.317 e. The van der Waals surface area contributed by atoms with Crippen LogP contribution in [0, 0.1) is 17.7 Å². The monoisotopic (exact) mass is 255 g/mol. The van der Waals surface area contributed by atoms with Crippen LogP contribution >= 0.6 is 11.6 Å². The first-order chi connectivity index (χ1) is 8.20. The zero-order valence-electron chi connectivity index (χ0n) is 10.2. The average molecular weight is 256 g/mol. The van der Waals surface area contributed by atoms with E-state index in [9.17, 15) is 4.39 Å². The van der Waals surface area contributed by atoms with Gasteiger partial charge in [0.25, 0.3) is 0 Å². The van der Waals surface area contributed by atoms with Gasteiger partial charge in [-0.05, 0) is 61.9 Å². The smallest absolute Gasteiger partial charge is 0.124 e. The minimum atomic E-state index is -0.253. The van der Waals surface area contributed by atoms with E-state index in [1.807, 2.05) is 6.07 Å². The summed E-state index contributed by atoms with van der Waals surface area (Å²) in [4.78, 5) is 0. The number of hydrogen-bond donors (Lipinski definition) is 1. The standard InChI is InChI=1S/C14H19ClFN/c1-2-17-9-12-4-3-10(12)7-11-5-6-13(16)8-14(11)15/h5-6,8,10,12,17H,2-4,7,9H2,1H3. The summed E-state index contributed by atoms with van der Waals surface area (Å²) in [5, 5.41) is 3.97. The lowest BCUT2D eigenvalue weighted by Crippen LogP contribution is -2.36. The van der Waals surface area contributed by atoms with Crippen molar-refractivity contribution in [1.82, 2.24) is 5.32 Å². The third-order valence-electron chi connectivity index (χ3n) is 3.73. The van der Waals surface area contributed by atoms with Crippen molar-refractivity contribution >= 4 is 11.6 Å². The van der Waals surface area contributed by atoms with Crippen LogP contribution in [0.15, 0.2) is 18.2 Å². The van der Waals surface area contributed by atoms with Crippen molar-refractivity contribution in [2.45, 2.75) is 26.2 Å². The lowest BCUT2D eigenvalue weighted by Gasteiger charge is -2.37. The van der Waals surface area contributed by atoms with Crippen molar-refractivity contribution in [3.8, 4) is 0 Å². The average Bonchev–Trinajstić information content (AvgIpc) is 2.27. The Labute approximate surface area is 107 Å². The Bertz CT molecular complexity index is 380. The zero-order valence-corrected chi connectivity index (χ0v) is 10.9. The lowest BCUT2D eigenvalue weighted by molar-refractivity contribution is 0.172. The van der Waals surface area contributed by atoms with E-state index in [2.05, 4.69) is 12.2 Å². The van der Waals surface area contributed by atoms with Crippen molar-refractivity contribution in [1.29, 1.82) is 0 Å². The summed E-state index contributed by atoms with van der Waals surface area (Å²) in [6.45, 7) is 4.25. The molecule has 1 aromatic rings. The van der Waals surface area contributed by atoms with Gasteiger partial charge in [0.1, 0.15) is 5.82 Å². The molecule has 1 N–H and O–H groups in total. The predicted molar refractivity (Wildman–Crippen MR) is 69.9 cm³/mol. The molecule has 2 unspecified atom stereocenters. The quantitative estimate of drug-likeness (QED) is 0.847. The maximum Gasteiger partial charge on any atom is 0.124 e. The summed E-state index contributed by atoms with van der Waals surface area (Å²) < 4.78 is 12.9. The maximum atomic E-state index is 12.9. The molecule has 0 spiro atoms. The second-order valence-corrected chi connectivity index (χ2v) is 5.25. The molecular formula is C14H19ClFN. The second-order valence-electron chi connectivity index (χ2n) is 4.85. The fourth-order valence-corrected chi connectivity index (χ4v) is 2.72. The molecular weight excluding hydrogens is 237 g/mol. The van der Waals surface area contributed by atoms with Gasteiger partial charge in [-0.1, -0.05) is 24.6 Å². The highest BCUT2D eigenvalue weighted by molar-refractivity contribution is 6.31. The molecule has 0 aromatic heterocycles. The predicted octanol–water partition coefficient (Wildman–Crippen LogP) is 3.66. The van der Waals surface area contributed by atoms with Crippen LogP contribution in [-0.2, 0) is 6.42 Å². The minimum Gasteiger partial charge on any atom is -0.317 e. The van der Waals surface area contributed by atoms with Crippen LogP contribution in [-0.4, -0.2) is 13.1 Å². The van der Waals surface area contributed by atoms with Gasteiger partial charge in [-0.3, -0.25) is 0 Å². The third kappa shape index (κ3) is 3.20. The molecule has 1 fully saturated rings. The minimum absolute atomic E-state index is 0.253. The van der Waals surface area contributed by atoms with E-state index >= 15 is 0 Å². The first kappa shape index (κ1) is 12.8. The molecule has 2 rings (SSSR count). The van der Waals surface area contributed by atoms with Gasteiger partial charge in [0.15, 0.2) is 0 Å². The normalized spacial score (nSPS) is 23.5. The summed E-state index contributed by atoms with van der Waals surface area (Å²) >= 11 is 6.05. The van der Waals surface area contributed by atoms with Crippen LogP contribution < -0.4 is 5.32 Å². The van der Waals surface area contributed by atoms with Gasteiger partial charge < -0.3 is 5.32 Å². The van der Waals surface area contributed by atoms with Crippen molar-refractivity contribution in [3.63, 3.8) is 0 Å². The molecule has 1 aliphatic carbocycles. The highest BCUT2D eigenvalue weighted by Crippen LogP contribution is 2.37. The third-order valence-corrected chi connectivity index (χ3v) is 4.08. The van der Waals surface area contributed by atoms with Crippen LogP contribution in [0.4, 0.5) is 4.39 Å². The molecule has 3 heteroatoms. The van der Waals surface area contributed by atoms with E-state index in [1.54, 1.807) is 0 Å². The first-order valence-corrected chi connectivity index (χ1v) is 6.73. The Morgan fingerprint density at radius 2 is 2.12 bits per heavy atom. The summed E-state index contributed by atoms with van der Waals surface area (Å²) in [7, 11) is 0. The number of rotatable bonds is 5. The summed E-state index contributed by atoms with van der Waals surface area (Å²) in [5.74, 6) is 1.21. The molecule has 0 aliphatic heterocycles. The molecule has 0 heterocycles. The van der Waals surface area contributed by atoms with E-state index in [-0.39, 0.29) is 5.82 Å². The summed E-state index contributed by atoms with van der Waals surface area (Å²) in [6.07, 6.45) is 3.55. The molecule has 0 radical (unpaired) electrons. The van der Waals surface area contributed by atoms with Crippen LogP contribution in [0.5, 0.6) is 0 Å². The van der Waals surface area contributed by atoms with Gasteiger partial charge in [0, 0.05) is 5.02 Å². The van der Waals surface area contributed by atoms with Gasteiger partial charge in [-0.2, -0.15) is 0 Å². The summed E-state index contributed by atoms with van der Waals surface area (Å²) in [5.41, 5.74) is 1.08. The first-order valence-electron chi connectivity index (χ1n) is 6.35. The van der Waals surface area contributed by atoms with Crippen molar-refractivity contribution in [2.24, 2.45) is 11.8 Å². The molecule has 1 nitrogen and oxygen atoms in total. The van der Waals surface area contributed by atoms with E-state index in [1.165, 1.54) is 25.0 Å². The number of benzene rings is 1. The Balaban J connectivity index is 1.92.